The highest BCUT2D eigenvalue weighted by Crippen LogP contribution is 2.30. The van der Waals surface area contributed by atoms with Crippen molar-refractivity contribution in [3.8, 4) is 11.8 Å². The van der Waals surface area contributed by atoms with Gasteiger partial charge in [-0.05, 0) is 62.3 Å². The van der Waals surface area contributed by atoms with Crippen molar-refractivity contribution in [1.82, 2.24) is 4.72 Å². The number of sulfonamides is 1. The van der Waals surface area contributed by atoms with E-state index in [1.54, 1.807) is 0 Å². The maximum atomic E-state index is 12.6. The van der Waals surface area contributed by atoms with E-state index < -0.39 is 21.8 Å². The van der Waals surface area contributed by atoms with E-state index in [0.29, 0.717) is 11.8 Å². The first-order valence-corrected chi connectivity index (χ1v) is 11.0. The van der Waals surface area contributed by atoms with Crippen molar-refractivity contribution in [2.45, 2.75) is 49.6 Å². The molecule has 1 N–H and O–H groups in total. The van der Waals surface area contributed by atoms with E-state index >= 15 is 0 Å². The summed E-state index contributed by atoms with van der Waals surface area (Å²) < 4.78 is 64.8. The Bertz CT molecular complexity index is 759. The molecule has 0 aliphatic heterocycles. The fourth-order valence-electron chi connectivity index (χ4n) is 3.02. The van der Waals surface area contributed by atoms with Crippen LogP contribution in [0.3, 0.4) is 0 Å². The molecule has 1 aromatic rings. The third kappa shape index (κ3) is 7.02. The average molecular weight is 422 g/mol. The molecular weight excluding hydrogens is 399 g/mol. The van der Waals surface area contributed by atoms with Gasteiger partial charge in [0.15, 0.2) is 0 Å². The molecule has 0 bridgehead atoms. The lowest BCUT2D eigenvalue weighted by atomic mass is 9.82. The van der Waals surface area contributed by atoms with Crippen molar-refractivity contribution in [3.63, 3.8) is 0 Å². The van der Waals surface area contributed by atoms with Crippen LogP contribution in [0.1, 0.15) is 44.1 Å². The Labute approximate surface area is 163 Å². The van der Waals surface area contributed by atoms with Gasteiger partial charge < -0.3 is 0 Å². The third-order valence-corrected chi connectivity index (χ3v) is 6.35. The zero-order valence-electron chi connectivity index (χ0n) is 14.9. The van der Waals surface area contributed by atoms with Gasteiger partial charge in [-0.3, -0.25) is 0 Å². The maximum Gasteiger partial charge on any atom is 0.416 e. The molecule has 8 heteroatoms. The van der Waals surface area contributed by atoms with E-state index in [9.17, 15) is 21.6 Å². The monoisotopic (exact) mass is 421 g/mol. The Kier molecular flexibility index (Phi) is 8.02. The van der Waals surface area contributed by atoms with Crippen molar-refractivity contribution < 1.29 is 21.6 Å². The van der Waals surface area contributed by atoms with Crippen molar-refractivity contribution >= 4 is 21.6 Å². The molecule has 0 unspecified atom stereocenters. The average Bonchev–Trinajstić information content (AvgIpc) is 2.64. The topological polar surface area (TPSA) is 46.2 Å². The maximum absolute atomic E-state index is 12.6. The van der Waals surface area contributed by atoms with Crippen LogP contribution in [-0.4, -0.2) is 20.8 Å². The third-order valence-electron chi connectivity index (χ3n) is 4.64. The summed E-state index contributed by atoms with van der Waals surface area (Å²) in [7, 11) is -3.81. The first kappa shape index (κ1) is 22.1. The minimum absolute atomic E-state index is 0.158. The van der Waals surface area contributed by atoms with Crippen molar-refractivity contribution in [2.24, 2.45) is 11.8 Å². The number of halogens is 4. The number of rotatable bonds is 6. The predicted molar refractivity (Wildman–Crippen MR) is 99.8 cm³/mol. The van der Waals surface area contributed by atoms with E-state index in [-0.39, 0.29) is 17.4 Å². The molecule has 0 aromatic heterocycles. The van der Waals surface area contributed by atoms with E-state index in [1.165, 1.54) is 0 Å². The molecule has 2 rings (SSSR count). The number of hydrogen-bond donors (Lipinski definition) is 1. The number of benzene rings is 1. The molecule has 0 radical (unpaired) electrons. The van der Waals surface area contributed by atoms with Crippen molar-refractivity contribution in [1.29, 1.82) is 0 Å². The van der Waals surface area contributed by atoms with Crippen LogP contribution in [0.2, 0.25) is 0 Å². The quantitative estimate of drug-likeness (QED) is 0.407. The standard InChI is InChI=1S/C19H23ClF3NO2S/c20-13-3-1-2-4-15-5-7-16(8-6-15)14-24-27(25,26)18-11-9-17(10-12-18)19(21,22)23/h9-12,15-16,24H,1,3,5-8,13-14H2. The second-order valence-electron chi connectivity index (χ2n) is 6.71. The highest BCUT2D eigenvalue weighted by atomic mass is 35.5. The van der Waals surface area contributed by atoms with Crippen molar-refractivity contribution in [3.05, 3.63) is 29.8 Å². The minimum atomic E-state index is -4.48. The van der Waals surface area contributed by atoms with E-state index in [2.05, 4.69) is 16.6 Å². The van der Waals surface area contributed by atoms with Gasteiger partial charge in [0.25, 0.3) is 0 Å². The van der Waals surface area contributed by atoms with Crippen LogP contribution >= 0.6 is 11.6 Å². The largest absolute Gasteiger partial charge is 0.416 e. The van der Waals surface area contributed by atoms with Crippen LogP contribution in [0.5, 0.6) is 0 Å². The molecule has 1 aromatic carbocycles. The molecule has 0 atom stereocenters. The zero-order chi connectivity index (χ0) is 19.9. The van der Waals surface area contributed by atoms with Gasteiger partial charge in [-0.15, -0.1) is 17.5 Å². The lowest BCUT2D eigenvalue weighted by Gasteiger charge is -2.25. The Hall–Kier alpha value is -1.23. The van der Waals surface area contributed by atoms with Gasteiger partial charge in [0, 0.05) is 24.8 Å². The summed E-state index contributed by atoms with van der Waals surface area (Å²) in [5, 5.41) is 0. The van der Waals surface area contributed by atoms with Crippen LogP contribution in [0.25, 0.3) is 0 Å². The van der Waals surface area contributed by atoms with Gasteiger partial charge in [0.1, 0.15) is 0 Å². The minimum Gasteiger partial charge on any atom is -0.211 e. The highest BCUT2D eigenvalue weighted by molar-refractivity contribution is 7.89. The molecule has 1 fully saturated rings. The number of unbranched alkanes of at least 4 members (excludes halogenated alkanes) is 1. The van der Waals surface area contributed by atoms with Crippen LogP contribution < -0.4 is 4.72 Å². The fourth-order valence-corrected chi connectivity index (χ4v) is 4.27. The van der Waals surface area contributed by atoms with Crippen LogP contribution in [-0.2, 0) is 16.2 Å². The Morgan fingerprint density at radius 1 is 1.11 bits per heavy atom. The van der Waals surface area contributed by atoms with Gasteiger partial charge in [0.2, 0.25) is 10.0 Å². The summed E-state index contributed by atoms with van der Waals surface area (Å²) in [6, 6.07) is 3.53. The summed E-state index contributed by atoms with van der Waals surface area (Å²) in [6.45, 7) is 0.287. The first-order valence-electron chi connectivity index (χ1n) is 8.93. The van der Waals surface area contributed by atoms with Crippen molar-refractivity contribution in [2.75, 3.05) is 12.4 Å². The zero-order valence-corrected chi connectivity index (χ0v) is 16.4. The molecule has 0 spiro atoms. The Morgan fingerprint density at radius 2 is 1.74 bits per heavy atom. The molecule has 0 saturated heterocycles. The van der Waals surface area contributed by atoms with E-state index in [1.807, 2.05) is 0 Å². The molecule has 1 saturated carbocycles. The second-order valence-corrected chi connectivity index (χ2v) is 8.85. The van der Waals surface area contributed by atoms with Crippen LogP contribution in [0, 0.1) is 23.7 Å². The molecule has 3 nitrogen and oxygen atoms in total. The van der Waals surface area contributed by atoms with Crippen LogP contribution in [0.4, 0.5) is 13.2 Å². The molecule has 0 heterocycles. The molecule has 1 aliphatic carbocycles. The normalized spacial score (nSPS) is 20.7. The number of alkyl halides is 4. The number of nitrogens with one attached hydrogen (secondary N) is 1. The molecule has 0 amide bonds. The first-order chi connectivity index (χ1) is 12.7. The molecule has 1 aliphatic rings. The molecular formula is C19H23ClF3NO2S. The second kappa shape index (κ2) is 9.81. The van der Waals surface area contributed by atoms with E-state index in [0.717, 1.165) is 62.8 Å². The summed E-state index contributed by atoms with van der Waals surface area (Å²) >= 11 is 5.61. The van der Waals surface area contributed by atoms with Gasteiger partial charge in [0.05, 0.1) is 10.5 Å². The van der Waals surface area contributed by atoms with Gasteiger partial charge in [-0.25, -0.2) is 13.1 Å². The van der Waals surface area contributed by atoms with E-state index in [4.69, 9.17) is 11.6 Å². The lowest BCUT2D eigenvalue weighted by molar-refractivity contribution is -0.137. The summed E-state index contributed by atoms with van der Waals surface area (Å²) in [4.78, 5) is -0.158. The SMILES string of the molecule is O=S(=O)(NCC1CCC(C#CCCCCl)CC1)c1ccc(C(F)(F)F)cc1. The summed E-state index contributed by atoms with van der Waals surface area (Å²) in [5.41, 5.74) is -0.869. The predicted octanol–water partition coefficient (Wildman–Crippen LogP) is 4.81. The summed E-state index contributed by atoms with van der Waals surface area (Å²) in [5.74, 6) is 7.57. The summed E-state index contributed by atoms with van der Waals surface area (Å²) in [6.07, 6.45) is 0.822. The lowest BCUT2D eigenvalue weighted by Crippen LogP contribution is -2.31. The molecule has 150 valence electrons. The smallest absolute Gasteiger partial charge is 0.211 e. The number of hydrogen-bond acceptors (Lipinski definition) is 2. The highest BCUT2D eigenvalue weighted by Gasteiger charge is 2.30. The van der Waals surface area contributed by atoms with Gasteiger partial charge in [-0.2, -0.15) is 13.2 Å². The van der Waals surface area contributed by atoms with Crippen LogP contribution in [0.15, 0.2) is 29.2 Å². The fraction of sp³-hybridized carbons (Fsp3) is 0.579. The van der Waals surface area contributed by atoms with Gasteiger partial charge >= 0.3 is 6.18 Å². The Morgan fingerprint density at radius 3 is 2.30 bits per heavy atom. The Balaban J connectivity index is 1.83. The molecule has 27 heavy (non-hydrogen) atoms. The van der Waals surface area contributed by atoms with Gasteiger partial charge in [-0.1, -0.05) is 5.92 Å².